The van der Waals surface area contributed by atoms with Gasteiger partial charge >= 0.3 is 0 Å². The van der Waals surface area contributed by atoms with Crippen LogP contribution in [0.25, 0.3) is 15.9 Å². The highest BCUT2D eigenvalue weighted by Gasteiger charge is 2.33. The molecule has 0 bridgehead atoms. The monoisotopic (exact) mass is 400 g/mol. The van der Waals surface area contributed by atoms with E-state index < -0.39 is 0 Å². The predicted octanol–water partition coefficient (Wildman–Crippen LogP) is 5.11. The largest absolute Gasteiger partial charge is 0.369 e. The Bertz CT molecular complexity index is 1050. The zero-order valence-electron chi connectivity index (χ0n) is 16.2. The second-order valence-electron chi connectivity index (χ2n) is 7.26. The highest BCUT2D eigenvalue weighted by Crippen LogP contribution is 2.39. The van der Waals surface area contributed by atoms with Gasteiger partial charge < -0.3 is 4.74 Å². The lowest BCUT2D eigenvalue weighted by Gasteiger charge is -2.32. The molecule has 0 radical (unpaired) electrons. The Labute approximate surface area is 167 Å². The van der Waals surface area contributed by atoms with Crippen LogP contribution in [-0.4, -0.2) is 20.9 Å². The molecule has 3 aromatic rings. The topological polar surface area (TPSA) is 44.1 Å². The van der Waals surface area contributed by atoms with Crippen molar-refractivity contribution in [3.05, 3.63) is 50.6 Å². The summed E-state index contributed by atoms with van der Waals surface area (Å²) in [5, 5.41) is 1.54. The van der Waals surface area contributed by atoms with Gasteiger partial charge in [-0.15, -0.1) is 11.3 Å². The summed E-state index contributed by atoms with van der Waals surface area (Å²) in [5.41, 5.74) is 3.02. The lowest BCUT2D eigenvalue weighted by molar-refractivity contribution is -0.0543. The molecule has 0 saturated heterocycles. The molecule has 1 unspecified atom stereocenters. The van der Waals surface area contributed by atoms with E-state index in [1.807, 2.05) is 24.3 Å². The first-order valence-corrected chi connectivity index (χ1v) is 11.2. The Morgan fingerprint density at radius 3 is 2.70 bits per heavy atom. The summed E-state index contributed by atoms with van der Waals surface area (Å²) in [6, 6.07) is 8.08. The summed E-state index contributed by atoms with van der Waals surface area (Å²) in [5.74, 6) is 0.867. The van der Waals surface area contributed by atoms with Crippen LogP contribution in [0.1, 0.15) is 43.2 Å². The molecule has 1 aromatic carbocycles. The smallest absolute Gasteiger partial charge is 0.267 e. The van der Waals surface area contributed by atoms with Crippen molar-refractivity contribution < 1.29 is 4.74 Å². The number of aryl methyl sites for hydroxylation is 1. The van der Waals surface area contributed by atoms with Gasteiger partial charge in [0, 0.05) is 11.3 Å². The number of thioether (sulfide) groups is 1. The van der Waals surface area contributed by atoms with Crippen molar-refractivity contribution in [3.8, 4) is 5.69 Å². The van der Waals surface area contributed by atoms with Crippen molar-refractivity contribution in [1.82, 2.24) is 9.55 Å². The number of hydrogen-bond acceptors (Lipinski definition) is 5. The summed E-state index contributed by atoms with van der Waals surface area (Å²) in [7, 11) is 0. The minimum atomic E-state index is -0.209. The zero-order valence-corrected chi connectivity index (χ0v) is 17.8. The van der Waals surface area contributed by atoms with Crippen LogP contribution in [0, 0.1) is 6.92 Å². The van der Waals surface area contributed by atoms with Crippen molar-refractivity contribution in [1.29, 1.82) is 0 Å². The summed E-state index contributed by atoms with van der Waals surface area (Å²) in [6.07, 6.45) is 1.69. The molecule has 0 N–H and O–H groups in total. The van der Waals surface area contributed by atoms with Crippen LogP contribution in [0.5, 0.6) is 0 Å². The highest BCUT2D eigenvalue weighted by atomic mass is 32.2. The Morgan fingerprint density at radius 2 is 2.04 bits per heavy atom. The molecule has 6 heteroatoms. The first-order chi connectivity index (χ1) is 13.0. The van der Waals surface area contributed by atoms with E-state index in [1.54, 1.807) is 27.7 Å². The second kappa shape index (κ2) is 7.08. The lowest BCUT2D eigenvalue weighted by Crippen LogP contribution is -2.34. The standard InChI is InChI=1S/C21H24N2O2S2/c1-5-21(4)11-15-16(12-25-21)27-18-17(15)19(24)23(20(22-18)26-6-2)14-9-7-13(3)8-10-14/h7-10H,5-6,11-12H2,1-4H3. The molecule has 1 aliphatic heterocycles. The molecule has 4 rings (SSSR count). The molecule has 0 amide bonds. The molecule has 0 spiro atoms. The van der Waals surface area contributed by atoms with Gasteiger partial charge in [-0.05, 0) is 43.7 Å². The number of nitrogens with zero attached hydrogens (tertiary/aromatic N) is 2. The maximum absolute atomic E-state index is 13.6. The number of fused-ring (bicyclic) bond motifs is 3. The minimum absolute atomic E-state index is 0.0395. The van der Waals surface area contributed by atoms with E-state index in [-0.39, 0.29) is 11.2 Å². The van der Waals surface area contributed by atoms with E-state index in [2.05, 4.69) is 27.7 Å². The summed E-state index contributed by atoms with van der Waals surface area (Å²) >= 11 is 3.22. The molecular weight excluding hydrogens is 376 g/mol. The van der Waals surface area contributed by atoms with Gasteiger partial charge in [0.05, 0.1) is 23.3 Å². The van der Waals surface area contributed by atoms with Gasteiger partial charge in [-0.1, -0.05) is 43.3 Å². The fourth-order valence-electron chi connectivity index (χ4n) is 3.48. The van der Waals surface area contributed by atoms with Gasteiger partial charge in [-0.2, -0.15) is 0 Å². The average Bonchev–Trinajstić information content (AvgIpc) is 3.01. The van der Waals surface area contributed by atoms with Gasteiger partial charge in [0.25, 0.3) is 5.56 Å². The molecule has 1 atom stereocenters. The van der Waals surface area contributed by atoms with Gasteiger partial charge in [-0.25, -0.2) is 4.98 Å². The van der Waals surface area contributed by atoms with Crippen molar-refractivity contribution >= 4 is 33.3 Å². The molecule has 0 fully saturated rings. The number of aromatic nitrogens is 2. The number of thiophene rings is 1. The maximum atomic E-state index is 13.6. The van der Waals surface area contributed by atoms with Crippen molar-refractivity contribution in [2.24, 2.45) is 0 Å². The average molecular weight is 401 g/mol. The Balaban J connectivity index is 1.98. The Kier molecular flexibility index (Phi) is 4.91. The van der Waals surface area contributed by atoms with Crippen LogP contribution in [0.3, 0.4) is 0 Å². The molecule has 27 heavy (non-hydrogen) atoms. The van der Waals surface area contributed by atoms with Crippen LogP contribution < -0.4 is 5.56 Å². The SMILES string of the molecule is CCSc1nc2sc3c(c2c(=O)n1-c1ccc(C)cc1)CC(C)(CC)OC3. The third kappa shape index (κ3) is 3.24. The van der Waals surface area contributed by atoms with Crippen LogP contribution in [0.2, 0.25) is 0 Å². The lowest BCUT2D eigenvalue weighted by atomic mass is 9.90. The van der Waals surface area contributed by atoms with Crippen LogP contribution in [0.4, 0.5) is 0 Å². The summed E-state index contributed by atoms with van der Waals surface area (Å²) in [6.45, 7) is 8.98. The zero-order chi connectivity index (χ0) is 19.2. The van der Waals surface area contributed by atoms with E-state index in [1.165, 1.54) is 5.56 Å². The second-order valence-corrected chi connectivity index (χ2v) is 9.57. The van der Waals surface area contributed by atoms with Gasteiger partial charge in [0.15, 0.2) is 5.16 Å². The predicted molar refractivity (Wildman–Crippen MR) is 114 cm³/mol. The summed E-state index contributed by atoms with van der Waals surface area (Å²) < 4.78 is 7.86. The highest BCUT2D eigenvalue weighted by molar-refractivity contribution is 7.99. The van der Waals surface area contributed by atoms with E-state index in [0.717, 1.165) is 50.1 Å². The van der Waals surface area contributed by atoms with E-state index in [0.29, 0.717) is 6.61 Å². The molecule has 1 aliphatic rings. The third-order valence-electron chi connectivity index (χ3n) is 5.29. The molecular formula is C21H24N2O2S2. The molecule has 142 valence electrons. The van der Waals surface area contributed by atoms with Gasteiger partial charge in [0.1, 0.15) is 4.83 Å². The molecule has 2 aromatic heterocycles. The minimum Gasteiger partial charge on any atom is -0.369 e. The van der Waals surface area contributed by atoms with E-state index in [4.69, 9.17) is 9.72 Å². The maximum Gasteiger partial charge on any atom is 0.267 e. The first kappa shape index (κ1) is 18.7. The van der Waals surface area contributed by atoms with Crippen molar-refractivity contribution in [2.75, 3.05) is 5.75 Å². The van der Waals surface area contributed by atoms with Crippen LogP contribution >= 0.6 is 23.1 Å². The fraction of sp³-hybridized carbons (Fsp3) is 0.429. The molecule has 4 nitrogen and oxygen atoms in total. The Hall–Kier alpha value is -1.63. The first-order valence-electron chi connectivity index (χ1n) is 9.37. The quantitative estimate of drug-likeness (QED) is 0.451. The third-order valence-corrected chi connectivity index (χ3v) is 7.21. The number of benzene rings is 1. The van der Waals surface area contributed by atoms with Gasteiger partial charge in [-0.3, -0.25) is 9.36 Å². The van der Waals surface area contributed by atoms with E-state index >= 15 is 0 Å². The van der Waals surface area contributed by atoms with E-state index in [9.17, 15) is 4.79 Å². The number of rotatable bonds is 4. The van der Waals surface area contributed by atoms with Crippen molar-refractivity contribution in [3.63, 3.8) is 0 Å². The van der Waals surface area contributed by atoms with Gasteiger partial charge in [0.2, 0.25) is 0 Å². The number of ether oxygens (including phenoxy) is 1. The van der Waals surface area contributed by atoms with Crippen LogP contribution in [-0.2, 0) is 17.8 Å². The molecule has 3 heterocycles. The number of hydrogen-bond donors (Lipinski definition) is 0. The Morgan fingerprint density at radius 1 is 1.30 bits per heavy atom. The molecule has 0 aliphatic carbocycles. The van der Waals surface area contributed by atoms with Crippen LogP contribution in [0.15, 0.2) is 34.2 Å². The fourth-order valence-corrected chi connectivity index (χ4v) is 5.36. The normalized spacial score (nSPS) is 19.4. The summed E-state index contributed by atoms with van der Waals surface area (Å²) in [4.78, 5) is 20.5. The van der Waals surface area contributed by atoms with Crippen molar-refractivity contribution in [2.45, 2.75) is 57.9 Å². The molecule has 0 saturated carbocycles.